The summed E-state index contributed by atoms with van der Waals surface area (Å²) in [5.41, 5.74) is 19.8. The molecule has 3 nitrogen and oxygen atoms in total. The third-order valence-electron chi connectivity index (χ3n) is 16.9. The number of fused-ring (bicyclic) bond motifs is 9. The lowest BCUT2D eigenvalue weighted by Crippen LogP contribution is -2.62. The molecule has 0 saturated heterocycles. The molecule has 0 unspecified atom stereocenters. The number of aryl methyl sites for hydroxylation is 2. The van der Waals surface area contributed by atoms with Gasteiger partial charge in [0.15, 0.2) is 0 Å². The van der Waals surface area contributed by atoms with Crippen molar-refractivity contribution in [1.82, 2.24) is 0 Å². The summed E-state index contributed by atoms with van der Waals surface area (Å²) in [6.07, 6.45) is 3.24. The lowest BCUT2D eigenvalue weighted by molar-refractivity contribution is 0.332. The summed E-state index contributed by atoms with van der Waals surface area (Å²) in [5, 5.41) is 2.47. The number of hydrogen-bond acceptors (Lipinski definition) is 4. The van der Waals surface area contributed by atoms with Crippen molar-refractivity contribution >= 4 is 106 Å². The Morgan fingerprint density at radius 1 is 0.486 bits per heavy atom. The van der Waals surface area contributed by atoms with Gasteiger partial charge in [0.05, 0.1) is 0 Å². The molecule has 2 aliphatic carbocycles. The van der Waals surface area contributed by atoms with Gasteiger partial charge in [-0.1, -0.05) is 134 Å². The molecule has 0 N–H and O–H groups in total. The van der Waals surface area contributed by atoms with Crippen molar-refractivity contribution in [2.75, 3.05) is 14.7 Å². The molecule has 0 radical (unpaired) electrons. The number of hydrogen-bond donors (Lipinski definition) is 0. The van der Waals surface area contributed by atoms with E-state index in [1.54, 1.807) is 0 Å². The van der Waals surface area contributed by atoms with Crippen LogP contribution >= 0.6 is 11.3 Å². The van der Waals surface area contributed by atoms with E-state index in [1.165, 1.54) is 58.9 Å². The Bertz CT molecular complexity index is 3720. The highest BCUT2D eigenvalue weighted by Gasteiger charge is 2.48. The average molecular weight is 931 g/mol. The number of nitrogens with zero attached hydrogens (tertiary/aromatic N) is 3. The molecule has 3 heterocycles. The molecule has 70 heavy (non-hydrogen) atoms. The highest BCUT2D eigenvalue weighted by Crippen LogP contribution is 2.55. The van der Waals surface area contributed by atoms with Crippen molar-refractivity contribution in [2.45, 2.75) is 110 Å². The zero-order valence-electron chi connectivity index (χ0n) is 45.0. The predicted molar refractivity (Wildman–Crippen MR) is 303 cm³/mol. The van der Waals surface area contributed by atoms with E-state index in [2.05, 4.69) is 223 Å². The lowest BCUT2D eigenvalue weighted by atomic mass is 9.33. The number of thiophene rings is 1. The van der Waals surface area contributed by atoms with Crippen LogP contribution in [0.2, 0.25) is 0 Å². The van der Waals surface area contributed by atoms with E-state index in [9.17, 15) is 4.11 Å². The Morgan fingerprint density at radius 2 is 1.06 bits per heavy atom. The maximum atomic E-state index is 9.26. The van der Waals surface area contributed by atoms with Crippen LogP contribution in [0.1, 0.15) is 112 Å². The first kappa shape index (κ1) is 40.2. The van der Waals surface area contributed by atoms with Gasteiger partial charge in [-0.05, 0) is 183 Å². The lowest BCUT2D eigenvalue weighted by Gasteiger charge is -2.48. The second-order valence-electron chi connectivity index (χ2n) is 23.4. The minimum atomic E-state index is -2.39. The number of rotatable bonds is 5. The molecule has 13 rings (SSSR count). The van der Waals surface area contributed by atoms with E-state index in [1.807, 2.05) is 23.5 Å². The molecule has 0 amide bonds. The molecule has 5 heteroatoms. The van der Waals surface area contributed by atoms with Gasteiger partial charge in [-0.3, -0.25) is 0 Å². The van der Waals surface area contributed by atoms with Crippen LogP contribution in [0, 0.1) is 13.8 Å². The van der Waals surface area contributed by atoms with Gasteiger partial charge < -0.3 is 14.7 Å². The van der Waals surface area contributed by atoms with Crippen LogP contribution in [0.15, 0.2) is 158 Å². The SMILES string of the molecule is [2H]C([2H])([2H])c1cc2c3c(c1)N(c1cc4c(cc1C)C(C)(C)CC4(C)C)c1cc4c(cc1B3c1ccc(N(c3ccccc3)c3ccccc3)cc1N2c1ccc2c(c1)sc1ccccc12)C(C)(C)CCC4(C)C. The quantitative estimate of drug-likeness (QED) is 0.159. The third kappa shape index (κ3) is 6.39. The van der Waals surface area contributed by atoms with E-state index in [0.29, 0.717) is 5.56 Å². The van der Waals surface area contributed by atoms with Gasteiger partial charge in [-0.15, -0.1) is 11.3 Å². The molecular formula is C65H62BN3S. The van der Waals surface area contributed by atoms with Crippen LogP contribution < -0.4 is 31.1 Å². The van der Waals surface area contributed by atoms with E-state index < -0.39 is 6.85 Å². The summed E-state index contributed by atoms with van der Waals surface area (Å²) < 4.78 is 30.2. The van der Waals surface area contributed by atoms with Crippen LogP contribution in [0.3, 0.4) is 0 Å². The minimum Gasteiger partial charge on any atom is -0.311 e. The Hall–Kier alpha value is -6.56. The van der Waals surface area contributed by atoms with Crippen LogP contribution in [-0.2, 0) is 21.7 Å². The molecule has 0 bridgehead atoms. The first-order chi connectivity index (χ1) is 34.7. The molecule has 8 aromatic carbocycles. The number of anilines is 9. The van der Waals surface area contributed by atoms with Crippen molar-refractivity contribution in [3.63, 3.8) is 0 Å². The topological polar surface area (TPSA) is 9.72 Å². The first-order valence-corrected chi connectivity index (χ1v) is 26.1. The first-order valence-electron chi connectivity index (χ1n) is 26.8. The van der Waals surface area contributed by atoms with Crippen LogP contribution in [0.4, 0.5) is 51.2 Å². The minimum absolute atomic E-state index is 0.0250. The van der Waals surface area contributed by atoms with Gasteiger partial charge in [0.25, 0.3) is 6.71 Å². The summed E-state index contributed by atoms with van der Waals surface area (Å²) in [4.78, 5) is 7.23. The summed E-state index contributed by atoms with van der Waals surface area (Å²) in [6.45, 7) is 18.9. The summed E-state index contributed by atoms with van der Waals surface area (Å²) >= 11 is 1.81. The van der Waals surface area contributed by atoms with Crippen LogP contribution in [0.25, 0.3) is 20.2 Å². The van der Waals surface area contributed by atoms with E-state index in [0.717, 1.165) is 75.9 Å². The van der Waals surface area contributed by atoms with Gasteiger partial charge >= 0.3 is 0 Å². The Balaban J connectivity index is 1.16. The zero-order chi connectivity index (χ0) is 50.7. The third-order valence-corrected chi connectivity index (χ3v) is 18.0. The normalized spacial score (nSPS) is 18.3. The molecule has 0 saturated carbocycles. The fourth-order valence-electron chi connectivity index (χ4n) is 13.5. The Labute approximate surface area is 423 Å². The molecular weight excluding hydrogens is 866 g/mol. The van der Waals surface area contributed by atoms with Crippen molar-refractivity contribution in [3.8, 4) is 0 Å². The predicted octanol–water partition coefficient (Wildman–Crippen LogP) is 16.5. The number of benzene rings is 8. The maximum Gasteiger partial charge on any atom is 0.252 e. The smallest absolute Gasteiger partial charge is 0.252 e. The van der Waals surface area contributed by atoms with E-state index in [4.69, 9.17) is 0 Å². The van der Waals surface area contributed by atoms with Gasteiger partial charge in [0.2, 0.25) is 0 Å². The van der Waals surface area contributed by atoms with Crippen LogP contribution in [0.5, 0.6) is 0 Å². The van der Waals surface area contributed by atoms with E-state index >= 15 is 0 Å². The second-order valence-corrected chi connectivity index (χ2v) is 24.5. The molecule has 1 aromatic heterocycles. The molecule has 0 fully saturated rings. The monoisotopic (exact) mass is 930 g/mol. The van der Waals surface area contributed by atoms with Crippen molar-refractivity contribution < 1.29 is 4.11 Å². The van der Waals surface area contributed by atoms with Gasteiger partial charge in [0.1, 0.15) is 0 Å². The summed E-state index contributed by atoms with van der Waals surface area (Å²) in [7, 11) is 0. The van der Waals surface area contributed by atoms with Crippen molar-refractivity contribution in [1.29, 1.82) is 0 Å². The van der Waals surface area contributed by atoms with Crippen molar-refractivity contribution in [3.05, 3.63) is 191 Å². The van der Waals surface area contributed by atoms with Gasteiger partial charge in [-0.2, -0.15) is 0 Å². The van der Waals surface area contributed by atoms with Crippen molar-refractivity contribution in [2.24, 2.45) is 0 Å². The zero-order valence-corrected chi connectivity index (χ0v) is 42.8. The maximum absolute atomic E-state index is 9.26. The molecule has 346 valence electrons. The fraction of sp³-hybridized carbons (Fsp3) is 0.262. The molecule has 2 aliphatic heterocycles. The standard InChI is InChI=1S/C65H62BN3S/c1-40-31-57-61-58(32-40)69(54-37-51-48(33-41(54)2)64(7,8)39-65(51,9)10)56-38-50-49(62(3,4)29-30-63(50,5)6)36-53(56)66(61)52-28-26-44(67(42-19-13-11-14-20-42)43-21-15-12-16-22-43)34-55(52)68(57)45-25-27-47-46-23-17-18-24-59(46)70-60(47)35-45/h11-28,31-38H,29-30,39H2,1-10H3/i1D3. The Kier molecular flexibility index (Phi) is 8.60. The highest BCUT2D eigenvalue weighted by atomic mass is 32.1. The molecule has 9 aromatic rings. The second kappa shape index (κ2) is 15.0. The Morgan fingerprint density at radius 3 is 1.74 bits per heavy atom. The largest absolute Gasteiger partial charge is 0.311 e. The molecule has 0 spiro atoms. The van der Waals surface area contributed by atoms with Crippen LogP contribution in [-0.4, -0.2) is 6.71 Å². The average Bonchev–Trinajstić information content (AvgIpc) is 3.81. The fourth-order valence-corrected chi connectivity index (χ4v) is 14.7. The van der Waals surface area contributed by atoms with E-state index in [-0.39, 0.29) is 28.4 Å². The number of para-hydroxylation sites is 2. The van der Waals surface area contributed by atoms with Gasteiger partial charge in [0, 0.05) is 75.5 Å². The summed E-state index contributed by atoms with van der Waals surface area (Å²) in [5.74, 6) is 0. The summed E-state index contributed by atoms with van der Waals surface area (Å²) in [6, 6.07) is 57.9. The highest BCUT2D eigenvalue weighted by molar-refractivity contribution is 7.25. The molecule has 4 aliphatic rings. The van der Waals surface area contributed by atoms with Gasteiger partial charge in [-0.25, -0.2) is 0 Å². The molecule has 0 atom stereocenters.